The van der Waals surface area contributed by atoms with Crippen LogP contribution in [0.3, 0.4) is 0 Å². The largest absolute Gasteiger partial charge is 0.384 e. The highest BCUT2D eigenvalue weighted by atomic mass is 32.2. The van der Waals surface area contributed by atoms with Gasteiger partial charge in [-0.25, -0.2) is 21.9 Å². The Morgan fingerprint density at radius 3 is 2.55 bits per heavy atom. The van der Waals surface area contributed by atoms with E-state index in [1.54, 1.807) is 12.3 Å². The van der Waals surface area contributed by atoms with E-state index in [1.807, 2.05) is 18.9 Å². The van der Waals surface area contributed by atoms with Crippen LogP contribution < -0.4 is 4.72 Å². The zero-order chi connectivity index (χ0) is 22.3. The van der Waals surface area contributed by atoms with E-state index in [1.165, 1.54) is 18.2 Å². The zero-order valence-corrected chi connectivity index (χ0v) is 18.3. The van der Waals surface area contributed by atoms with E-state index in [0.717, 1.165) is 11.8 Å². The molecule has 1 fully saturated rings. The summed E-state index contributed by atoms with van der Waals surface area (Å²) in [7, 11) is -1.35. The summed E-state index contributed by atoms with van der Waals surface area (Å²) in [6.45, 7) is 1.81. The number of nitrogens with zero attached hydrogens (tertiary/aromatic N) is 3. The Hall–Kier alpha value is -2.59. The maximum Gasteiger partial charge on any atom is 0.208 e. The highest BCUT2D eigenvalue weighted by Gasteiger charge is 2.38. The molecule has 2 aliphatic rings. The minimum atomic E-state index is -3.23. The number of hydrogen-bond acceptors (Lipinski definition) is 6. The van der Waals surface area contributed by atoms with Gasteiger partial charge in [0.25, 0.3) is 0 Å². The van der Waals surface area contributed by atoms with Crippen LogP contribution in [-0.4, -0.2) is 49.5 Å². The molecule has 166 valence electrons. The van der Waals surface area contributed by atoms with Crippen LogP contribution in [0.1, 0.15) is 36.6 Å². The van der Waals surface area contributed by atoms with E-state index >= 15 is 0 Å². The van der Waals surface area contributed by atoms with Gasteiger partial charge in [-0.1, -0.05) is 11.2 Å². The molecule has 0 amide bonds. The average molecular weight is 451 g/mol. The molecule has 0 spiro atoms. The average Bonchev–Trinajstić information content (AvgIpc) is 3.13. The molecule has 1 aromatic heterocycles. The SMILES string of the molecule is Cc1cnc(C2CC(N(C)[C@H]3C[C@@H](NS(C)(=O)=O)C3)=NO2)c(-c2c(F)cccc2F)c1. The first-order chi connectivity index (χ1) is 14.6. The summed E-state index contributed by atoms with van der Waals surface area (Å²) in [6.07, 6.45) is 3.95. The second-order valence-corrected chi connectivity index (χ2v) is 9.95. The van der Waals surface area contributed by atoms with Gasteiger partial charge in [0.1, 0.15) is 17.5 Å². The quantitative estimate of drug-likeness (QED) is 0.757. The first-order valence-electron chi connectivity index (χ1n) is 9.96. The Labute approximate surface area is 180 Å². The highest BCUT2D eigenvalue weighted by Crippen LogP contribution is 2.37. The van der Waals surface area contributed by atoms with Gasteiger partial charge in [0, 0.05) is 30.9 Å². The van der Waals surface area contributed by atoms with Gasteiger partial charge in [-0.15, -0.1) is 0 Å². The van der Waals surface area contributed by atoms with Crippen LogP contribution in [0.25, 0.3) is 11.1 Å². The van der Waals surface area contributed by atoms with Gasteiger partial charge in [-0.05, 0) is 43.5 Å². The monoisotopic (exact) mass is 450 g/mol. The van der Waals surface area contributed by atoms with Crippen molar-refractivity contribution in [1.82, 2.24) is 14.6 Å². The molecule has 1 unspecified atom stereocenters. The molecule has 0 saturated heterocycles. The number of oxime groups is 1. The highest BCUT2D eigenvalue weighted by molar-refractivity contribution is 7.88. The predicted octanol–water partition coefficient (Wildman–Crippen LogP) is 3.12. The molecular weight excluding hydrogens is 426 g/mol. The van der Waals surface area contributed by atoms with Crippen molar-refractivity contribution in [3.63, 3.8) is 0 Å². The molecule has 1 aliphatic heterocycles. The van der Waals surface area contributed by atoms with Gasteiger partial charge < -0.3 is 9.74 Å². The second kappa shape index (κ2) is 8.16. The molecular formula is C21H24F2N4O3S. The minimum absolute atomic E-state index is 0.0874. The lowest BCUT2D eigenvalue weighted by molar-refractivity contribution is 0.0826. The number of halogens is 2. The van der Waals surface area contributed by atoms with Crippen molar-refractivity contribution in [2.75, 3.05) is 13.3 Å². The number of amidine groups is 1. The van der Waals surface area contributed by atoms with Gasteiger partial charge in [0.05, 0.1) is 23.9 Å². The number of aryl methyl sites for hydroxylation is 1. The Balaban J connectivity index is 1.50. The minimum Gasteiger partial charge on any atom is -0.384 e. The molecule has 10 heteroatoms. The normalized spacial score (nSPS) is 23.1. The molecule has 0 radical (unpaired) electrons. The van der Waals surface area contributed by atoms with E-state index in [4.69, 9.17) is 4.84 Å². The van der Waals surface area contributed by atoms with E-state index in [-0.39, 0.29) is 17.6 Å². The van der Waals surface area contributed by atoms with Gasteiger partial charge in [-0.3, -0.25) is 4.98 Å². The third-order valence-corrected chi connectivity index (χ3v) is 6.46. The van der Waals surface area contributed by atoms with Crippen molar-refractivity contribution in [3.05, 3.63) is 53.4 Å². The first-order valence-corrected chi connectivity index (χ1v) is 11.8. The standard InChI is InChI=1S/C21H24F2N4O3S/c1-12-7-15(20-16(22)5-4-6-17(20)23)21(24-11-12)18-10-19(25-30-18)27(2)14-8-13(9-14)26-31(3,28)29/h4-7,11,13-14,18,26H,8-10H2,1-3H3/t13-,14+,18?. The zero-order valence-electron chi connectivity index (χ0n) is 17.5. The molecule has 2 aromatic rings. The molecule has 4 rings (SSSR count). The van der Waals surface area contributed by atoms with Crippen LogP contribution >= 0.6 is 0 Å². The summed E-state index contributed by atoms with van der Waals surface area (Å²) in [5.74, 6) is -0.636. The molecule has 2 heterocycles. The molecule has 0 bridgehead atoms. The number of aromatic nitrogens is 1. The van der Waals surface area contributed by atoms with Crippen molar-refractivity contribution in [1.29, 1.82) is 0 Å². The van der Waals surface area contributed by atoms with Crippen molar-refractivity contribution >= 4 is 15.9 Å². The van der Waals surface area contributed by atoms with Gasteiger partial charge in [-0.2, -0.15) is 0 Å². The Kier molecular flexibility index (Phi) is 5.69. The van der Waals surface area contributed by atoms with E-state index < -0.39 is 27.8 Å². The molecule has 1 saturated carbocycles. The van der Waals surface area contributed by atoms with Crippen LogP contribution in [0, 0.1) is 18.6 Å². The predicted molar refractivity (Wildman–Crippen MR) is 113 cm³/mol. The van der Waals surface area contributed by atoms with E-state index in [0.29, 0.717) is 36.4 Å². The lowest BCUT2D eigenvalue weighted by atomic mass is 9.86. The molecule has 7 nitrogen and oxygen atoms in total. The fourth-order valence-corrected chi connectivity index (χ4v) is 4.82. The van der Waals surface area contributed by atoms with Crippen molar-refractivity contribution < 1.29 is 22.0 Å². The molecule has 1 N–H and O–H groups in total. The maximum atomic E-state index is 14.5. The Bertz CT molecular complexity index is 1110. The third kappa shape index (κ3) is 4.54. The second-order valence-electron chi connectivity index (χ2n) is 8.17. The fourth-order valence-electron chi connectivity index (χ4n) is 4.03. The van der Waals surface area contributed by atoms with Crippen LogP contribution in [0.4, 0.5) is 8.78 Å². The molecule has 1 atom stereocenters. The number of benzene rings is 1. The third-order valence-electron chi connectivity index (χ3n) is 5.69. The van der Waals surface area contributed by atoms with Crippen molar-refractivity contribution in [2.45, 2.75) is 44.4 Å². The number of hydrogen-bond donors (Lipinski definition) is 1. The van der Waals surface area contributed by atoms with Crippen LogP contribution in [0.5, 0.6) is 0 Å². The number of nitrogens with one attached hydrogen (secondary N) is 1. The lowest BCUT2D eigenvalue weighted by Gasteiger charge is -2.41. The summed E-state index contributed by atoms with van der Waals surface area (Å²) in [5, 5.41) is 4.17. The van der Waals surface area contributed by atoms with Crippen LogP contribution in [-0.2, 0) is 14.9 Å². The molecule has 1 aromatic carbocycles. The van der Waals surface area contributed by atoms with Crippen molar-refractivity contribution in [3.8, 4) is 11.1 Å². The van der Waals surface area contributed by atoms with Crippen LogP contribution in [0.2, 0.25) is 0 Å². The first kappa shape index (κ1) is 21.6. The van der Waals surface area contributed by atoms with E-state index in [2.05, 4.69) is 14.9 Å². The van der Waals surface area contributed by atoms with Crippen LogP contribution in [0.15, 0.2) is 35.6 Å². The van der Waals surface area contributed by atoms with Crippen molar-refractivity contribution in [2.24, 2.45) is 5.16 Å². The maximum absolute atomic E-state index is 14.5. The van der Waals surface area contributed by atoms with Gasteiger partial charge >= 0.3 is 0 Å². The Morgan fingerprint density at radius 2 is 1.90 bits per heavy atom. The lowest BCUT2D eigenvalue weighted by Crippen LogP contribution is -2.53. The number of sulfonamides is 1. The fraction of sp³-hybridized carbons (Fsp3) is 0.429. The smallest absolute Gasteiger partial charge is 0.208 e. The number of pyridine rings is 1. The number of rotatable bonds is 5. The summed E-state index contributed by atoms with van der Waals surface area (Å²) in [5.41, 5.74) is 1.41. The topological polar surface area (TPSA) is 83.9 Å². The summed E-state index contributed by atoms with van der Waals surface area (Å²) in [6, 6.07) is 5.50. The Morgan fingerprint density at radius 1 is 1.23 bits per heavy atom. The van der Waals surface area contributed by atoms with Gasteiger partial charge in [0.2, 0.25) is 10.0 Å². The summed E-state index contributed by atoms with van der Waals surface area (Å²) >= 11 is 0. The molecule has 31 heavy (non-hydrogen) atoms. The summed E-state index contributed by atoms with van der Waals surface area (Å²) < 4.78 is 54.2. The van der Waals surface area contributed by atoms with Gasteiger partial charge in [0.15, 0.2) is 6.10 Å². The molecule has 1 aliphatic carbocycles. The summed E-state index contributed by atoms with van der Waals surface area (Å²) in [4.78, 5) is 12.0. The van der Waals surface area contributed by atoms with E-state index in [9.17, 15) is 17.2 Å².